The molecule has 0 radical (unpaired) electrons. The van der Waals surface area contributed by atoms with Gasteiger partial charge in [-0.25, -0.2) is 28.8 Å². The van der Waals surface area contributed by atoms with Crippen molar-refractivity contribution < 1.29 is 219 Å². The van der Waals surface area contributed by atoms with Crippen LogP contribution in [0.15, 0.2) is 289 Å². The average molecular weight is 2280 g/mol. The Kier molecular flexibility index (Phi) is 52.6. The number of aliphatic carboxylic acids is 1. The summed E-state index contributed by atoms with van der Waals surface area (Å²) in [5.74, 6) is -1.58. The van der Waals surface area contributed by atoms with Crippen LogP contribution >= 0.6 is 143 Å². The Hall–Kier alpha value is -7.18. The Morgan fingerprint density at radius 1 is 0.434 bits per heavy atom. The maximum absolute atomic E-state index is 13.1. The second kappa shape index (κ2) is 60.5. The van der Waals surface area contributed by atoms with Crippen LogP contribution in [-0.4, -0.2) is 107 Å². The monoisotopic (exact) mass is 2270 g/mol. The predicted octanol–water partition coefficient (Wildman–Crippen LogP) is 11.9. The van der Waals surface area contributed by atoms with Crippen molar-refractivity contribution in [1.29, 1.82) is 0 Å². The van der Waals surface area contributed by atoms with Gasteiger partial charge in [-0.1, -0.05) is 154 Å². The fraction of sp³-hybridized carbons (Fsp3) is 0.158. The number of aliphatic hydroxyl groups excluding tert-OH is 1. The third-order valence-corrected chi connectivity index (χ3v) is 28.0. The summed E-state index contributed by atoms with van der Waals surface area (Å²) in [5, 5.41) is 44.9. The van der Waals surface area contributed by atoms with Crippen LogP contribution in [0, 0.1) is 0 Å². The molecule has 0 amide bonds. The Morgan fingerprint density at radius 2 is 0.727 bits per heavy atom. The first-order valence-corrected chi connectivity index (χ1v) is 49.5. The summed E-state index contributed by atoms with van der Waals surface area (Å²) in [4.78, 5) is 112. The zero-order valence-electron chi connectivity index (χ0n) is 81.1. The van der Waals surface area contributed by atoms with Gasteiger partial charge in [-0.3, -0.25) is 50.9 Å². The first-order chi connectivity index (χ1) is 66.1. The van der Waals surface area contributed by atoms with Crippen molar-refractivity contribution in [3.63, 3.8) is 0 Å². The van der Waals surface area contributed by atoms with Gasteiger partial charge >= 0.3 is 208 Å². The van der Waals surface area contributed by atoms with Gasteiger partial charge in [-0.05, 0) is 261 Å². The minimum absolute atomic E-state index is 0. The van der Waals surface area contributed by atoms with E-state index >= 15 is 0 Å². The Balaban J connectivity index is 0.000000355. The Morgan fingerprint density at radius 3 is 1.06 bits per heavy atom. The summed E-state index contributed by atoms with van der Waals surface area (Å²) >= 11 is 42.2. The van der Waals surface area contributed by atoms with Crippen molar-refractivity contribution in [2.75, 3.05) is 20.3 Å². The number of thiophene rings is 5. The summed E-state index contributed by atoms with van der Waals surface area (Å²) in [6, 6.07) is 67.5. The number of H-pyrrole nitrogens is 2. The van der Waals surface area contributed by atoms with Gasteiger partial charge in [0.15, 0.2) is 0 Å². The summed E-state index contributed by atoms with van der Waals surface area (Å²) < 4.78 is 28.8. The third kappa shape index (κ3) is 31.5. The van der Waals surface area contributed by atoms with Crippen LogP contribution in [0.5, 0.6) is 0 Å². The minimum Gasteiger partial charge on any atom is -1.00 e. The van der Waals surface area contributed by atoms with E-state index in [0.717, 1.165) is 138 Å². The van der Waals surface area contributed by atoms with E-state index in [1.807, 2.05) is 225 Å². The van der Waals surface area contributed by atoms with Gasteiger partial charge < -0.3 is 48.1 Å². The normalized spacial score (nSPS) is 10.3. The maximum atomic E-state index is 13.1. The number of esters is 2. The van der Waals surface area contributed by atoms with Crippen LogP contribution in [0.3, 0.4) is 0 Å². The van der Waals surface area contributed by atoms with E-state index in [2.05, 4.69) is 82.8 Å². The molecule has 42 heteroatoms. The van der Waals surface area contributed by atoms with E-state index < -0.39 is 5.97 Å². The first-order valence-electron chi connectivity index (χ1n) is 42.1. The smallest absolute Gasteiger partial charge is 1.00 e. The molecule has 10 aromatic heterocycles. The number of alkyl halides is 1. The molecule has 0 unspecified atom stereocenters. The molecular formula is C101H93BrCl6K2N10Na2O16S5. The summed E-state index contributed by atoms with van der Waals surface area (Å²) in [6.07, 6.45) is 1.22. The number of imidazole rings is 5. The molecule has 0 aliphatic rings. The topological polar surface area (TPSA) is 346 Å². The van der Waals surface area contributed by atoms with Crippen molar-refractivity contribution in [2.45, 2.75) is 85.1 Å². The van der Waals surface area contributed by atoms with Crippen LogP contribution in [0.25, 0.3) is 117 Å². The largest absolute Gasteiger partial charge is 1.00 e. The van der Waals surface area contributed by atoms with Crippen molar-refractivity contribution >= 4 is 284 Å². The fourth-order valence-corrected chi connectivity index (χ4v) is 21.3. The van der Waals surface area contributed by atoms with Gasteiger partial charge in [-0.15, -0.1) is 69.1 Å². The van der Waals surface area contributed by atoms with E-state index in [-0.39, 0.29) is 249 Å². The number of aryl methyl sites for hydroxylation is 2. The predicted molar refractivity (Wildman–Crippen MR) is 576 cm³/mol. The number of aromatic amines is 2. The third-order valence-electron chi connectivity index (χ3n) is 21.1. The molecule has 0 aliphatic carbocycles. The molecule has 20 rings (SSSR count). The molecule has 726 valence electrons. The standard InChI is InChI=1S/C21H19ClN2O3S.C19H15ClN2O3S.C19H15ClN2OS.C16H11ClN2OS.C10H10N2O.C9H6BrClS.C5H8O2.CH2O3.CH4O.ClH.2K.2Na.H2O.2H/c1-2-27-20(25)9-10-23-17-5-3-4-6-18(17)24(21(23)26)12-14-13-28-19-8-7-15(22)11-16(14)19;20-13-5-6-17-14(9-13)12(11-26-17)10-22-16-4-2-1-3-15(16)21(19(22)25)8-7-18(23)24;1-12(2)22-17-6-4-3-5-16(17)21(19(22)23)10-13-11-24-18-8-7-14(20)9-15(13)18;17-11-5-6-15-12(7-11)10(9-21-15)8-19-14-4-2-1-3-13(14)18-16(19)20;1-7(2)12-9-6-4-3-5-8(9)11-10(12)13;10-4-6-5-12-9-2-1-7(11)3-8(6)9;1-3-5(6)7-4-2;2-1-4-3;1-2;;;;;;;;/h3-8,11,13H,2,9-10,12H2,1H3;1-6,9,11H,7-8,10H2,(H,23,24);3-9,11H,1,10H2,2H3;1-7,9H,8H2,(H,18,20);3-6H,1H2,2H3,(H,11,13);1-3,5H,4H2;3H,1,4H2,2H3;1,3H;2H,1H3;1H;;;;;1H2;;/q;;;;;;;;;;4*+1;;2*-1/p-2. The quantitative estimate of drug-likeness (QED) is 0.00987. The van der Waals surface area contributed by atoms with E-state index in [4.69, 9.17) is 83.0 Å². The van der Waals surface area contributed by atoms with E-state index in [0.29, 0.717) is 71.7 Å². The molecule has 0 bridgehead atoms. The van der Waals surface area contributed by atoms with Gasteiger partial charge in [-0.2, -0.15) is 0 Å². The Bertz CT molecular complexity index is 8170. The number of ether oxygens (including phenoxy) is 2. The first kappa shape index (κ1) is 124. The molecule has 20 aromatic rings. The molecule has 143 heavy (non-hydrogen) atoms. The average Bonchev–Trinajstić information content (AvgIpc) is 1.62. The molecule has 0 aliphatic heterocycles. The molecule has 0 atom stereocenters. The summed E-state index contributed by atoms with van der Waals surface area (Å²) in [6.45, 7) is 21.0. The second-order valence-corrected chi connectivity index (χ2v) is 37.3. The van der Waals surface area contributed by atoms with Crippen molar-refractivity contribution in [1.82, 2.24) is 46.5 Å². The molecule has 0 spiro atoms. The minimum atomic E-state index is -0.924. The summed E-state index contributed by atoms with van der Waals surface area (Å²) in [7, 11) is 1.00. The number of carbonyl (C=O) groups excluding carboxylic acids is 3. The van der Waals surface area contributed by atoms with Crippen LogP contribution in [-0.2, 0) is 78.1 Å². The number of allylic oxidation sites excluding steroid dienone is 2. The second-order valence-electron chi connectivity index (χ2n) is 30.0. The number of aliphatic hydroxyl groups is 1. The molecule has 0 fully saturated rings. The molecule has 10 heterocycles. The Labute approximate surface area is 1010 Å². The van der Waals surface area contributed by atoms with Crippen molar-refractivity contribution in [2.24, 2.45) is 0 Å². The van der Waals surface area contributed by atoms with Gasteiger partial charge in [0, 0.05) is 91.6 Å². The van der Waals surface area contributed by atoms with Crippen LogP contribution in [0.4, 0.5) is 0 Å². The van der Waals surface area contributed by atoms with Crippen molar-refractivity contribution in [3.8, 4) is 0 Å². The number of nitrogens with one attached hydrogen (secondary N) is 2. The van der Waals surface area contributed by atoms with Gasteiger partial charge in [0.2, 0.25) is 0 Å². The van der Waals surface area contributed by atoms with Gasteiger partial charge in [0.1, 0.15) is 0 Å². The number of nitrogens with zero attached hydrogens (tertiary/aromatic N) is 8. The number of fused-ring (bicyclic) bond motifs is 10. The molecular weight excluding hydrogens is 2190 g/mol. The SMILES string of the molecule is C=C(C)n1c(=O)[nH]c2ccccc21.C=C(C)n1c(=O)n(Cc2csc3ccc(Cl)cc23)c2ccccc21.C=CC(=O)OCC.CCOC(=O)CCn1c(=O)n(Cc2csc3ccc(Cl)cc23)c2ccccc21.CO.Cl.Clc1ccc2scc(CBr)c2c1.O=C(O)CCn1c(=O)n(Cc2csc3ccc(Cl)cc23)c2ccccc21.O=CO[O-].O=c1[nH]c2ccccc2n1Cc1csc2ccc(Cl)cc12.[H-].[H-].[K+].[K+].[Na+].[Na+].[OH-]. The number of carbonyl (C=O) groups is 4. The molecule has 5 N–H and O–H groups in total. The molecule has 0 saturated heterocycles. The number of aromatic nitrogens is 10. The number of para-hydroxylation sites is 10. The van der Waals surface area contributed by atoms with E-state index in [1.165, 1.54) is 29.6 Å². The maximum Gasteiger partial charge on any atom is 1.00 e. The number of rotatable bonds is 21. The van der Waals surface area contributed by atoms with Crippen LogP contribution in [0.1, 0.15) is 71.2 Å². The fourth-order valence-electron chi connectivity index (χ4n) is 15.1. The molecule has 0 saturated carbocycles. The summed E-state index contributed by atoms with van der Waals surface area (Å²) in [5.41, 5.74) is 14.9. The van der Waals surface area contributed by atoms with Gasteiger partial charge in [0.25, 0.3) is 6.47 Å². The number of benzene rings is 10. The van der Waals surface area contributed by atoms with E-state index in [9.17, 15) is 38.4 Å². The molecule has 26 nitrogen and oxygen atoms in total. The van der Waals surface area contributed by atoms with Crippen LogP contribution in [0.2, 0.25) is 25.1 Å². The number of hydrogen-bond acceptors (Lipinski definition) is 20. The molecule has 10 aromatic carbocycles. The van der Waals surface area contributed by atoms with Crippen LogP contribution < -0.4 is 196 Å². The van der Waals surface area contributed by atoms with Crippen molar-refractivity contribution in [3.05, 3.63) is 370 Å². The number of hydrogen-bond donors (Lipinski definition) is 4. The number of carboxylic acid groups (broad SMARTS) is 1. The zero-order chi connectivity index (χ0) is 98.3. The van der Waals surface area contributed by atoms with E-state index in [1.54, 1.807) is 103 Å². The zero-order valence-corrected chi connectivity index (χ0v) is 99.6. The van der Waals surface area contributed by atoms with Gasteiger partial charge in [0.05, 0.1) is 107 Å². The number of carboxylic acids is 1. The number of halogens is 7.